The van der Waals surface area contributed by atoms with Crippen LogP contribution < -0.4 is 5.56 Å². The van der Waals surface area contributed by atoms with E-state index in [-0.39, 0.29) is 11.1 Å². The van der Waals surface area contributed by atoms with Crippen molar-refractivity contribution in [3.8, 4) is 5.69 Å². The molecule has 2 fully saturated rings. The van der Waals surface area contributed by atoms with Gasteiger partial charge in [-0.15, -0.1) is 0 Å². The Balaban J connectivity index is 1.14. The standard InChI is InChI=1S/C29H28N4O3/c34-28-11-10-24-25(29(35)36)2-1-3-26(24)33(28)23-9-8-22(30-17-23)13-18-4-5-19(12-18)14-27-31-15-21(16-32-27)20-6-7-20/h1-3,8-11,15-20H,4-7,12-14H2,(H,35,36)/t18-,19-/m0/s1. The van der Waals surface area contributed by atoms with Gasteiger partial charge in [0.1, 0.15) is 5.82 Å². The maximum Gasteiger partial charge on any atom is 0.336 e. The van der Waals surface area contributed by atoms with Crippen molar-refractivity contribution < 1.29 is 9.90 Å². The number of aromatic carboxylic acids is 1. The molecule has 36 heavy (non-hydrogen) atoms. The molecule has 0 unspecified atom stereocenters. The first-order chi connectivity index (χ1) is 17.5. The Morgan fingerprint density at radius 3 is 2.36 bits per heavy atom. The quantitative estimate of drug-likeness (QED) is 0.402. The zero-order chi connectivity index (χ0) is 24.6. The van der Waals surface area contributed by atoms with Gasteiger partial charge in [0.25, 0.3) is 5.56 Å². The number of hydrogen-bond donors (Lipinski definition) is 1. The monoisotopic (exact) mass is 480 g/mol. The minimum Gasteiger partial charge on any atom is -0.478 e. The highest BCUT2D eigenvalue weighted by atomic mass is 16.4. The summed E-state index contributed by atoms with van der Waals surface area (Å²) in [6, 6.07) is 11.8. The van der Waals surface area contributed by atoms with Crippen LogP contribution in [0.15, 0.2) is 65.8 Å². The van der Waals surface area contributed by atoms with Crippen molar-refractivity contribution in [3.05, 3.63) is 94.1 Å². The number of benzene rings is 1. The number of hydrogen-bond acceptors (Lipinski definition) is 5. The molecule has 6 rings (SSSR count). The van der Waals surface area contributed by atoms with Gasteiger partial charge in [0.05, 0.1) is 23.0 Å². The molecule has 0 bridgehead atoms. The number of pyridine rings is 2. The highest BCUT2D eigenvalue weighted by Gasteiger charge is 2.27. The van der Waals surface area contributed by atoms with Crippen LogP contribution in [0.2, 0.25) is 0 Å². The number of carboxylic acids is 1. The molecule has 0 saturated heterocycles. The maximum atomic E-state index is 12.7. The van der Waals surface area contributed by atoms with E-state index in [1.165, 1.54) is 41.9 Å². The fraction of sp³-hybridized carbons (Fsp3) is 0.345. The number of carbonyl (C=O) groups is 1. The van der Waals surface area contributed by atoms with Gasteiger partial charge in [-0.25, -0.2) is 14.8 Å². The van der Waals surface area contributed by atoms with Crippen LogP contribution in [0.3, 0.4) is 0 Å². The molecule has 0 amide bonds. The third-order valence-corrected chi connectivity index (χ3v) is 7.63. The lowest BCUT2D eigenvalue weighted by molar-refractivity contribution is 0.0699. The van der Waals surface area contributed by atoms with E-state index in [1.807, 2.05) is 24.5 Å². The molecule has 3 aromatic heterocycles. The molecule has 0 spiro atoms. The van der Waals surface area contributed by atoms with Crippen molar-refractivity contribution in [2.45, 2.75) is 50.9 Å². The largest absolute Gasteiger partial charge is 0.478 e. The molecule has 0 aliphatic heterocycles. The number of carboxylic acid groups (broad SMARTS) is 1. The molecular weight excluding hydrogens is 452 g/mol. The summed E-state index contributed by atoms with van der Waals surface area (Å²) in [5.41, 5.74) is 3.44. The highest BCUT2D eigenvalue weighted by Crippen LogP contribution is 2.39. The van der Waals surface area contributed by atoms with Crippen LogP contribution in [0.1, 0.15) is 65.5 Å². The van der Waals surface area contributed by atoms with E-state index in [2.05, 4.69) is 15.0 Å². The van der Waals surface area contributed by atoms with Gasteiger partial charge in [0.2, 0.25) is 0 Å². The first kappa shape index (κ1) is 22.6. The number of fused-ring (bicyclic) bond motifs is 1. The predicted octanol–water partition coefficient (Wildman–Crippen LogP) is 4.95. The van der Waals surface area contributed by atoms with E-state index in [4.69, 9.17) is 0 Å². The highest BCUT2D eigenvalue weighted by molar-refractivity contribution is 6.02. The summed E-state index contributed by atoms with van der Waals surface area (Å²) in [7, 11) is 0. The summed E-state index contributed by atoms with van der Waals surface area (Å²) >= 11 is 0. The van der Waals surface area contributed by atoms with Crippen LogP contribution in [-0.4, -0.2) is 30.6 Å². The summed E-state index contributed by atoms with van der Waals surface area (Å²) < 4.78 is 1.53. The molecule has 3 heterocycles. The van der Waals surface area contributed by atoms with Crippen LogP contribution in [0.25, 0.3) is 16.6 Å². The smallest absolute Gasteiger partial charge is 0.336 e. The molecule has 7 heteroatoms. The van der Waals surface area contributed by atoms with Gasteiger partial charge in [-0.3, -0.25) is 14.3 Å². The van der Waals surface area contributed by atoms with E-state index < -0.39 is 5.97 Å². The Bertz CT molecular complexity index is 1470. The van der Waals surface area contributed by atoms with Crippen LogP contribution in [0, 0.1) is 11.8 Å². The van der Waals surface area contributed by atoms with Gasteiger partial charge in [-0.2, -0.15) is 0 Å². The molecule has 1 N–H and O–H groups in total. The topological polar surface area (TPSA) is 98.0 Å². The van der Waals surface area contributed by atoms with E-state index in [1.54, 1.807) is 30.5 Å². The van der Waals surface area contributed by atoms with Crippen LogP contribution >= 0.6 is 0 Å². The normalized spacial score (nSPS) is 19.6. The second kappa shape index (κ2) is 9.30. The van der Waals surface area contributed by atoms with Gasteiger partial charge in [-0.05, 0) is 92.2 Å². The third-order valence-electron chi connectivity index (χ3n) is 7.63. The maximum absolute atomic E-state index is 12.7. The average Bonchev–Trinajstić information content (AvgIpc) is 3.65. The predicted molar refractivity (Wildman–Crippen MR) is 137 cm³/mol. The van der Waals surface area contributed by atoms with Gasteiger partial charge < -0.3 is 5.11 Å². The van der Waals surface area contributed by atoms with Gasteiger partial charge in [0, 0.05) is 36.0 Å². The third kappa shape index (κ3) is 4.53. The molecule has 1 aromatic carbocycles. The lowest BCUT2D eigenvalue weighted by Crippen LogP contribution is -2.18. The molecule has 2 aliphatic carbocycles. The molecular formula is C29H28N4O3. The first-order valence-electron chi connectivity index (χ1n) is 12.7. The Hall–Kier alpha value is -3.87. The molecule has 0 radical (unpaired) electrons. The minimum atomic E-state index is -1.02. The lowest BCUT2D eigenvalue weighted by atomic mass is 9.97. The fourth-order valence-corrected chi connectivity index (χ4v) is 5.59. The van der Waals surface area contributed by atoms with Crippen molar-refractivity contribution in [1.82, 2.24) is 19.5 Å². The molecule has 4 aromatic rings. The van der Waals surface area contributed by atoms with Crippen molar-refractivity contribution in [3.63, 3.8) is 0 Å². The van der Waals surface area contributed by atoms with Crippen LogP contribution in [0.4, 0.5) is 0 Å². The summed E-state index contributed by atoms with van der Waals surface area (Å²) in [4.78, 5) is 38.2. The molecule has 2 atom stereocenters. The van der Waals surface area contributed by atoms with E-state index in [9.17, 15) is 14.7 Å². The first-order valence-corrected chi connectivity index (χ1v) is 12.7. The van der Waals surface area contributed by atoms with E-state index >= 15 is 0 Å². The van der Waals surface area contributed by atoms with Crippen molar-refractivity contribution in [2.75, 3.05) is 0 Å². The van der Waals surface area contributed by atoms with Gasteiger partial charge >= 0.3 is 5.97 Å². The van der Waals surface area contributed by atoms with Crippen molar-refractivity contribution >= 4 is 16.9 Å². The summed E-state index contributed by atoms with van der Waals surface area (Å²) in [6.45, 7) is 0. The zero-order valence-corrected chi connectivity index (χ0v) is 20.0. The number of aromatic nitrogens is 4. The summed E-state index contributed by atoms with van der Waals surface area (Å²) in [5, 5.41) is 10.0. The van der Waals surface area contributed by atoms with Crippen molar-refractivity contribution in [1.29, 1.82) is 0 Å². The second-order valence-electron chi connectivity index (χ2n) is 10.2. The summed E-state index contributed by atoms with van der Waals surface area (Å²) in [6.07, 6.45) is 13.6. The second-order valence-corrected chi connectivity index (χ2v) is 10.2. The molecule has 2 saturated carbocycles. The van der Waals surface area contributed by atoms with E-state index in [0.29, 0.717) is 34.3 Å². The Kier molecular flexibility index (Phi) is 5.83. The zero-order valence-electron chi connectivity index (χ0n) is 20.0. The lowest BCUT2D eigenvalue weighted by Gasteiger charge is -2.13. The SMILES string of the molecule is O=C(O)c1cccc2c1ccc(=O)n2-c1ccc(C[C@H]2CC[C@H](Cc3ncc(C4CC4)cn3)C2)nc1. The minimum absolute atomic E-state index is 0.172. The van der Waals surface area contributed by atoms with Crippen LogP contribution in [-0.2, 0) is 12.8 Å². The average molecular weight is 481 g/mol. The Morgan fingerprint density at radius 1 is 0.889 bits per heavy atom. The Labute approximate surface area is 208 Å². The summed E-state index contributed by atoms with van der Waals surface area (Å²) in [5.74, 6) is 1.82. The van der Waals surface area contributed by atoms with Crippen LogP contribution in [0.5, 0.6) is 0 Å². The molecule has 182 valence electrons. The Morgan fingerprint density at radius 2 is 1.67 bits per heavy atom. The number of rotatable bonds is 7. The van der Waals surface area contributed by atoms with Crippen molar-refractivity contribution in [2.24, 2.45) is 11.8 Å². The molecule has 7 nitrogen and oxygen atoms in total. The van der Waals surface area contributed by atoms with Gasteiger partial charge in [0.15, 0.2) is 0 Å². The van der Waals surface area contributed by atoms with Gasteiger partial charge in [-0.1, -0.05) is 6.07 Å². The molecule has 2 aliphatic rings. The fourth-order valence-electron chi connectivity index (χ4n) is 5.59. The number of nitrogens with zero attached hydrogens (tertiary/aromatic N) is 4. The van der Waals surface area contributed by atoms with E-state index in [0.717, 1.165) is 30.8 Å².